The number of benzene rings is 1. The van der Waals surface area contributed by atoms with Gasteiger partial charge in [-0.3, -0.25) is 9.59 Å². The second-order valence-corrected chi connectivity index (χ2v) is 7.03. The Morgan fingerprint density at radius 3 is 2.89 bits per heavy atom. The quantitative estimate of drug-likeness (QED) is 0.600. The van der Waals surface area contributed by atoms with Crippen LogP contribution in [0.1, 0.15) is 12.5 Å². The Kier molecular flexibility index (Phi) is 6.12. The van der Waals surface area contributed by atoms with Crippen molar-refractivity contribution in [3.05, 3.63) is 63.8 Å². The number of nitrogens with zero attached hydrogens (tertiary/aromatic N) is 3. The third-order valence-corrected chi connectivity index (χ3v) is 4.92. The van der Waals surface area contributed by atoms with Crippen molar-refractivity contribution >= 4 is 28.6 Å². The lowest BCUT2D eigenvalue weighted by Gasteiger charge is -2.19. The molecule has 1 amide bonds. The lowest BCUT2D eigenvalue weighted by Crippen LogP contribution is -2.45. The summed E-state index contributed by atoms with van der Waals surface area (Å²) in [7, 11) is 0. The molecule has 0 saturated heterocycles. The molecule has 0 saturated carbocycles. The fraction of sp³-hybridized carbons (Fsp3) is 0.333. The molecule has 2 aromatic heterocycles. The number of fused-ring (bicyclic) bond motifs is 1. The van der Waals surface area contributed by atoms with Crippen LogP contribution in [0.15, 0.2) is 52.6 Å². The Morgan fingerprint density at radius 1 is 1.33 bits per heavy atom. The minimum Gasteiger partial charge on any atom is -0.353 e. The SMILES string of the molecule is CSCCC(C(=O)NCCn1ccnc1)n1c(=O)[nH]c2ccccc2c1=O. The maximum absolute atomic E-state index is 12.9. The van der Waals surface area contributed by atoms with Gasteiger partial charge in [0.15, 0.2) is 0 Å². The number of hydrogen-bond donors (Lipinski definition) is 2. The number of carbonyl (C=O) groups excluding carboxylic acids is 1. The van der Waals surface area contributed by atoms with Gasteiger partial charge in [0.1, 0.15) is 6.04 Å². The maximum Gasteiger partial charge on any atom is 0.329 e. The van der Waals surface area contributed by atoms with E-state index in [1.54, 1.807) is 54.7 Å². The average Bonchev–Trinajstić information content (AvgIpc) is 3.17. The van der Waals surface area contributed by atoms with Crippen LogP contribution in [-0.2, 0) is 11.3 Å². The molecule has 0 radical (unpaired) electrons. The molecule has 1 unspecified atom stereocenters. The first-order chi connectivity index (χ1) is 13.1. The summed E-state index contributed by atoms with van der Waals surface area (Å²) in [6, 6.07) is 5.93. The molecule has 142 valence electrons. The summed E-state index contributed by atoms with van der Waals surface area (Å²) in [5.41, 5.74) is -0.562. The Morgan fingerprint density at radius 2 is 2.15 bits per heavy atom. The largest absolute Gasteiger partial charge is 0.353 e. The highest BCUT2D eigenvalue weighted by molar-refractivity contribution is 7.98. The van der Waals surface area contributed by atoms with Crippen LogP contribution in [0.2, 0.25) is 0 Å². The first-order valence-corrected chi connectivity index (χ1v) is 9.97. The van der Waals surface area contributed by atoms with E-state index in [1.165, 1.54) is 0 Å². The summed E-state index contributed by atoms with van der Waals surface area (Å²) in [4.78, 5) is 44.8. The van der Waals surface area contributed by atoms with Crippen LogP contribution in [0.4, 0.5) is 0 Å². The molecule has 0 aliphatic carbocycles. The number of thioether (sulfide) groups is 1. The van der Waals surface area contributed by atoms with E-state index in [1.807, 2.05) is 10.8 Å². The Labute approximate surface area is 159 Å². The number of imidazole rings is 1. The highest BCUT2D eigenvalue weighted by Gasteiger charge is 2.24. The van der Waals surface area contributed by atoms with Crippen molar-refractivity contribution in [3.8, 4) is 0 Å². The van der Waals surface area contributed by atoms with E-state index in [0.29, 0.717) is 36.2 Å². The molecule has 0 fully saturated rings. The zero-order valence-electron chi connectivity index (χ0n) is 14.9. The summed E-state index contributed by atoms with van der Waals surface area (Å²) in [6.07, 6.45) is 7.43. The van der Waals surface area contributed by atoms with E-state index < -0.39 is 17.3 Å². The molecule has 2 heterocycles. The van der Waals surface area contributed by atoms with Gasteiger partial charge in [0.25, 0.3) is 5.56 Å². The smallest absolute Gasteiger partial charge is 0.329 e. The number of nitrogens with one attached hydrogen (secondary N) is 2. The van der Waals surface area contributed by atoms with E-state index in [2.05, 4.69) is 15.3 Å². The molecule has 0 aliphatic heterocycles. The van der Waals surface area contributed by atoms with Gasteiger partial charge in [0.2, 0.25) is 5.91 Å². The third kappa shape index (κ3) is 4.30. The van der Waals surface area contributed by atoms with E-state index in [4.69, 9.17) is 0 Å². The summed E-state index contributed by atoms with van der Waals surface area (Å²) in [5.74, 6) is 0.310. The van der Waals surface area contributed by atoms with Crippen molar-refractivity contribution < 1.29 is 4.79 Å². The van der Waals surface area contributed by atoms with Crippen LogP contribution in [0.3, 0.4) is 0 Å². The Bertz CT molecular complexity index is 1030. The van der Waals surface area contributed by atoms with Crippen molar-refractivity contribution in [1.82, 2.24) is 24.4 Å². The molecule has 0 aliphatic rings. The monoisotopic (exact) mass is 387 g/mol. The number of rotatable bonds is 8. The average molecular weight is 387 g/mol. The maximum atomic E-state index is 12.9. The highest BCUT2D eigenvalue weighted by Crippen LogP contribution is 2.13. The van der Waals surface area contributed by atoms with Crippen LogP contribution in [0.25, 0.3) is 10.9 Å². The van der Waals surface area contributed by atoms with Gasteiger partial charge in [0, 0.05) is 25.5 Å². The Hall–Kier alpha value is -2.81. The van der Waals surface area contributed by atoms with E-state index in [9.17, 15) is 14.4 Å². The second kappa shape index (κ2) is 8.72. The van der Waals surface area contributed by atoms with Crippen LogP contribution < -0.4 is 16.6 Å². The molecule has 0 bridgehead atoms. The fourth-order valence-corrected chi connectivity index (χ4v) is 3.37. The first-order valence-electron chi connectivity index (χ1n) is 8.57. The van der Waals surface area contributed by atoms with Crippen LogP contribution in [0, 0.1) is 0 Å². The number of aromatic nitrogens is 4. The zero-order chi connectivity index (χ0) is 19.2. The van der Waals surface area contributed by atoms with Gasteiger partial charge < -0.3 is 14.9 Å². The van der Waals surface area contributed by atoms with Gasteiger partial charge in [-0.1, -0.05) is 12.1 Å². The van der Waals surface area contributed by atoms with Gasteiger partial charge >= 0.3 is 5.69 Å². The molecule has 3 aromatic rings. The molecule has 1 atom stereocenters. The minimum absolute atomic E-state index is 0.341. The fourth-order valence-electron chi connectivity index (χ4n) is 2.91. The Balaban J connectivity index is 1.87. The molecule has 8 nitrogen and oxygen atoms in total. The number of aromatic amines is 1. The minimum atomic E-state index is -0.860. The van der Waals surface area contributed by atoms with Crippen LogP contribution in [-0.4, -0.2) is 43.6 Å². The predicted octanol–water partition coefficient (Wildman–Crippen LogP) is 0.997. The summed E-state index contributed by atoms with van der Waals surface area (Å²) < 4.78 is 2.87. The van der Waals surface area contributed by atoms with Crippen LogP contribution in [0.5, 0.6) is 0 Å². The molecule has 27 heavy (non-hydrogen) atoms. The number of para-hydroxylation sites is 1. The zero-order valence-corrected chi connectivity index (χ0v) is 15.7. The van der Waals surface area contributed by atoms with Crippen LogP contribution >= 0.6 is 11.8 Å². The molecule has 1 aromatic carbocycles. The number of H-pyrrole nitrogens is 1. The van der Waals surface area contributed by atoms with Gasteiger partial charge in [-0.05, 0) is 30.6 Å². The van der Waals surface area contributed by atoms with Gasteiger partial charge in [-0.2, -0.15) is 11.8 Å². The van der Waals surface area contributed by atoms with Crippen molar-refractivity contribution in [2.75, 3.05) is 18.6 Å². The molecule has 2 N–H and O–H groups in total. The summed E-state index contributed by atoms with van der Waals surface area (Å²) >= 11 is 1.56. The van der Waals surface area contributed by atoms with Crippen molar-refractivity contribution in [2.24, 2.45) is 0 Å². The topological polar surface area (TPSA) is 102 Å². The number of amides is 1. The van der Waals surface area contributed by atoms with Crippen molar-refractivity contribution in [2.45, 2.75) is 19.0 Å². The van der Waals surface area contributed by atoms with E-state index >= 15 is 0 Å². The van der Waals surface area contributed by atoms with E-state index in [0.717, 1.165) is 4.57 Å². The predicted molar refractivity (Wildman–Crippen MR) is 106 cm³/mol. The molecular weight excluding hydrogens is 366 g/mol. The highest BCUT2D eigenvalue weighted by atomic mass is 32.2. The molecule has 9 heteroatoms. The molecular formula is C18H21N5O3S. The standard InChI is InChI=1S/C18H21N5O3S/c1-27-11-6-15(16(24)20-8-10-22-9-7-19-12-22)23-17(25)13-4-2-3-5-14(13)21-18(23)26/h2-5,7,9,12,15H,6,8,10-11H2,1H3,(H,20,24)(H,21,26). The number of carbonyl (C=O) groups is 1. The van der Waals surface area contributed by atoms with Crippen molar-refractivity contribution in [1.29, 1.82) is 0 Å². The van der Waals surface area contributed by atoms with Gasteiger partial charge in [0.05, 0.1) is 17.2 Å². The molecule has 3 rings (SSSR count). The molecule has 0 spiro atoms. The summed E-state index contributed by atoms with van der Waals surface area (Å²) in [5, 5.41) is 3.21. The lowest BCUT2D eigenvalue weighted by atomic mass is 10.2. The normalized spacial score (nSPS) is 12.2. The van der Waals surface area contributed by atoms with Gasteiger partial charge in [-0.15, -0.1) is 0 Å². The van der Waals surface area contributed by atoms with E-state index in [-0.39, 0.29) is 5.91 Å². The number of hydrogen-bond acceptors (Lipinski definition) is 5. The van der Waals surface area contributed by atoms with Gasteiger partial charge in [-0.25, -0.2) is 14.3 Å². The first kappa shape index (κ1) is 19.0. The second-order valence-electron chi connectivity index (χ2n) is 6.04. The third-order valence-electron chi connectivity index (χ3n) is 4.27. The summed E-state index contributed by atoms with van der Waals surface area (Å²) in [6.45, 7) is 0.940. The van der Waals surface area contributed by atoms with Crippen molar-refractivity contribution in [3.63, 3.8) is 0 Å². The lowest BCUT2D eigenvalue weighted by molar-refractivity contribution is -0.124.